The molecule has 0 radical (unpaired) electrons. The van der Waals surface area contributed by atoms with Crippen LogP contribution in [0.15, 0.2) is 45.7 Å². The first-order chi connectivity index (χ1) is 14.7. The van der Waals surface area contributed by atoms with Crippen LogP contribution in [-0.4, -0.2) is 41.2 Å². The van der Waals surface area contributed by atoms with Gasteiger partial charge in [0.1, 0.15) is 0 Å². The van der Waals surface area contributed by atoms with Crippen molar-refractivity contribution in [3.63, 3.8) is 0 Å². The van der Waals surface area contributed by atoms with Crippen LogP contribution >= 0.6 is 22.7 Å². The van der Waals surface area contributed by atoms with Gasteiger partial charge in [0.15, 0.2) is 0 Å². The number of fused-ring (bicyclic) bond motifs is 1. The highest BCUT2D eigenvalue weighted by Gasteiger charge is 2.44. The van der Waals surface area contributed by atoms with Gasteiger partial charge in [-0.2, -0.15) is 5.10 Å². The van der Waals surface area contributed by atoms with Gasteiger partial charge < -0.3 is 0 Å². The molecular weight excluding hydrogens is 410 g/mol. The molecule has 0 bridgehead atoms. The smallest absolute Gasteiger partial charge is 0.257 e. The van der Waals surface area contributed by atoms with Crippen molar-refractivity contribution >= 4 is 40.4 Å². The molecule has 1 saturated heterocycles. The highest BCUT2D eigenvalue weighted by atomic mass is 32.1. The Morgan fingerprint density at radius 1 is 1.20 bits per heavy atom. The molecule has 0 unspecified atom stereocenters. The molecular formula is C24H29N3OS2. The molecule has 3 atom stereocenters. The van der Waals surface area contributed by atoms with E-state index in [0.29, 0.717) is 18.4 Å². The fourth-order valence-corrected chi connectivity index (χ4v) is 6.74. The zero-order valence-electron chi connectivity index (χ0n) is 17.5. The fourth-order valence-electron chi connectivity index (χ4n) is 5.18. The molecule has 1 aliphatic carbocycles. The Balaban J connectivity index is 1.44. The predicted molar refractivity (Wildman–Crippen MR) is 126 cm³/mol. The lowest BCUT2D eigenvalue weighted by atomic mass is 9.79. The second-order valence-electron chi connectivity index (χ2n) is 8.85. The largest absolute Gasteiger partial charge is 0.294 e. The molecule has 1 saturated carbocycles. The van der Waals surface area contributed by atoms with Crippen molar-refractivity contribution in [2.45, 2.75) is 45.1 Å². The number of carbonyl (C=O) groups is 1. The molecule has 0 spiro atoms. The summed E-state index contributed by atoms with van der Waals surface area (Å²) in [6, 6.07) is 8.58. The van der Waals surface area contributed by atoms with Gasteiger partial charge in [-0.15, -0.1) is 22.7 Å². The molecule has 0 N–H and O–H groups in total. The highest BCUT2D eigenvalue weighted by molar-refractivity contribution is 7.11. The van der Waals surface area contributed by atoms with Gasteiger partial charge in [0.2, 0.25) is 0 Å². The third kappa shape index (κ3) is 4.05. The van der Waals surface area contributed by atoms with Crippen molar-refractivity contribution in [1.29, 1.82) is 0 Å². The summed E-state index contributed by atoms with van der Waals surface area (Å²) in [5.41, 5.74) is 2.46. The van der Waals surface area contributed by atoms with E-state index in [2.05, 4.69) is 52.9 Å². The average molecular weight is 440 g/mol. The lowest BCUT2D eigenvalue weighted by Gasteiger charge is -2.33. The second-order valence-corrected chi connectivity index (χ2v) is 10.8. The van der Waals surface area contributed by atoms with Gasteiger partial charge in [-0.1, -0.05) is 19.1 Å². The second kappa shape index (κ2) is 8.77. The summed E-state index contributed by atoms with van der Waals surface area (Å²) in [4.78, 5) is 18.3. The Kier molecular flexibility index (Phi) is 5.89. The normalized spacial score (nSPS) is 28.6. The van der Waals surface area contributed by atoms with Crippen molar-refractivity contribution in [3.8, 4) is 0 Å². The van der Waals surface area contributed by atoms with Crippen LogP contribution in [0.5, 0.6) is 0 Å². The van der Waals surface area contributed by atoms with E-state index in [0.717, 1.165) is 38.1 Å². The summed E-state index contributed by atoms with van der Waals surface area (Å²) < 4.78 is 0. The summed E-state index contributed by atoms with van der Waals surface area (Å²) in [6.45, 7) is 4.82. The number of amides is 1. The van der Waals surface area contributed by atoms with Gasteiger partial charge >= 0.3 is 0 Å². The lowest BCUT2D eigenvalue weighted by Crippen LogP contribution is -2.43. The first-order valence-corrected chi connectivity index (χ1v) is 12.9. The summed E-state index contributed by atoms with van der Waals surface area (Å²) >= 11 is 3.52. The van der Waals surface area contributed by atoms with Gasteiger partial charge in [0.25, 0.3) is 5.91 Å². The average Bonchev–Trinajstić information content (AvgIpc) is 3.48. The van der Waals surface area contributed by atoms with E-state index in [4.69, 9.17) is 5.10 Å². The first-order valence-electron chi connectivity index (χ1n) is 11.1. The molecule has 1 amide bonds. The Morgan fingerprint density at radius 2 is 2.07 bits per heavy atom. The summed E-state index contributed by atoms with van der Waals surface area (Å²) in [6.07, 6.45) is 8.07. The molecule has 4 heterocycles. The summed E-state index contributed by atoms with van der Waals surface area (Å²) in [5, 5.41) is 11.1. The van der Waals surface area contributed by atoms with Crippen LogP contribution in [0.3, 0.4) is 0 Å². The van der Waals surface area contributed by atoms with E-state index >= 15 is 0 Å². The maximum atomic E-state index is 13.5. The van der Waals surface area contributed by atoms with Crippen LogP contribution in [0.1, 0.15) is 54.8 Å². The molecule has 3 aliphatic rings. The van der Waals surface area contributed by atoms with Crippen LogP contribution < -0.4 is 0 Å². The Bertz CT molecular complexity index is 932. The number of hydrazone groups is 1. The molecule has 2 fully saturated rings. The van der Waals surface area contributed by atoms with Crippen LogP contribution in [0.4, 0.5) is 0 Å². The van der Waals surface area contributed by atoms with E-state index in [9.17, 15) is 4.79 Å². The minimum atomic E-state index is 0.0572. The fraction of sp³-hybridized carbons (Fsp3) is 0.500. The highest BCUT2D eigenvalue weighted by Crippen LogP contribution is 2.45. The summed E-state index contributed by atoms with van der Waals surface area (Å²) in [5.74, 6) is 1.14. The molecule has 2 aliphatic heterocycles. The van der Waals surface area contributed by atoms with Crippen molar-refractivity contribution in [3.05, 3.63) is 50.4 Å². The monoisotopic (exact) mass is 439 g/mol. The third-order valence-corrected chi connectivity index (χ3v) is 8.31. The molecule has 5 rings (SSSR count). The number of piperidine rings is 1. The number of thiophene rings is 2. The molecule has 158 valence electrons. The zero-order chi connectivity index (χ0) is 20.5. The van der Waals surface area contributed by atoms with Crippen molar-refractivity contribution in [2.24, 2.45) is 16.9 Å². The Labute approximate surface area is 186 Å². The maximum absolute atomic E-state index is 13.5. The number of likely N-dealkylation sites (tertiary alicyclic amines) is 1. The van der Waals surface area contributed by atoms with E-state index in [1.54, 1.807) is 22.7 Å². The van der Waals surface area contributed by atoms with Crippen LogP contribution in [-0.2, 0) is 4.79 Å². The van der Waals surface area contributed by atoms with Gasteiger partial charge in [-0.25, -0.2) is 5.01 Å². The van der Waals surface area contributed by atoms with E-state index in [1.165, 1.54) is 28.2 Å². The van der Waals surface area contributed by atoms with Crippen molar-refractivity contribution in [2.75, 3.05) is 19.6 Å². The number of rotatable bonds is 4. The summed E-state index contributed by atoms with van der Waals surface area (Å²) in [7, 11) is 0. The topological polar surface area (TPSA) is 35.9 Å². The Hall–Kier alpha value is -1.76. The molecule has 0 aromatic carbocycles. The van der Waals surface area contributed by atoms with Crippen LogP contribution in [0.25, 0.3) is 6.08 Å². The number of allylic oxidation sites excluding steroid dienone is 1. The first kappa shape index (κ1) is 20.2. The van der Waals surface area contributed by atoms with E-state index in [-0.39, 0.29) is 11.9 Å². The van der Waals surface area contributed by atoms with Gasteiger partial charge in [0.05, 0.1) is 18.3 Å². The van der Waals surface area contributed by atoms with E-state index in [1.807, 2.05) is 5.01 Å². The SMILES string of the molecule is C[C@@H]1CCCN(CC(=O)N2N=C3/C(=C\c4cccs4)CCC[C@H]3[C@H]2c2cccs2)C1. The predicted octanol–water partition coefficient (Wildman–Crippen LogP) is 5.66. The van der Waals surface area contributed by atoms with Crippen LogP contribution in [0.2, 0.25) is 0 Å². The molecule has 4 nitrogen and oxygen atoms in total. The lowest BCUT2D eigenvalue weighted by molar-refractivity contribution is -0.135. The Morgan fingerprint density at radius 3 is 2.83 bits per heavy atom. The number of nitrogens with zero attached hydrogens (tertiary/aromatic N) is 3. The quantitative estimate of drug-likeness (QED) is 0.616. The maximum Gasteiger partial charge on any atom is 0.257 e. The number of carbonyl (C=O) groups excluding carboxylic acids is 1. The van der Waals surface area contributed by atoms with Crippen molar-refractivity contribution in [1.82, 2.24) is 9.91 Å². The molecule has 2 aromatic rings. The number of hydrogen-bond donors (Lipinski definition) is 0. The minimum Gasteiger partial charge on any atom is -0.294 e. The molecule has 6 heteroatoms. The molecule has 2 aromatic heterocycles. The molecule has 30 heavy (non-hydrogen) atoms. The van der Waals surface area contributed by atoms with Crippen molar-refractivity contribution < 1.29 is 4.79 Å². The number of hydrogen-bond acceptors (Lipinski definition) is 5. The zero-order valence-corrected chi connectivity index (χ0v) is 19.1. The van der Waals surface area contributed by atoms with Gasteiger partial charge in [-0.05, 0) is 79.1 Å². The van der Waals surface area contributed by atoms with Gasteiger partial charge in [-0.3, -0.25) is 9.69 Å². The standard InChI is InChI=1S/C24H29N3OS2/c1-17-6-3-11-26(15-17)16-22(28)27-24(21-10-5-13-30-21)20-9-2-7-18(23(20)25-27)14-19-8-4-12-29-19/h4-5,8,10,12-14,17,20,24H,2-3,6-7,9,11,15-16H2,1H3/b18-14-/t17-,20-,24+/m1/s1. The van der Waals surface area contributed by atoms with Gasteiger partial charge in [0, 0.05) is 22.2 Å². The van der Waals surface area contributed by atoms with E-state index < -0.39 is 0 Å². The minimum absolute atomic E-state index is 0.0572. The third-order valence-electron chi connectivity index (χ3n) is 6.55. The van der Waals surface area contributed by atoms with Crippen LogP contribution in [0, 0.1) is 11.8 Å².